The van der Waals surface area contributed by atoms with Crippen molar-refractivity contribution in [3.05, 3.63) is 66.0 Å². The van der Waals surface area contributed by atoms with E-state index in [-0.39, 0.29) is 24.2 Å². The number of anilines is 1. The number of amides is 1. The molecule has 0 aromatic heterocycles. The minimum Gasteiger partial charge on any atom is -0.486 e. The third-order valence-electron chi connectivity index (χ3n) is 7.98. The molecule has 0 saturated carbocycles. The molecule has 7 nitrogen and oxygen atoms in total. The summed E-state index contributed by atoms with van der Waals surface area (Å²) in [5, 5.41) is 16.9. The molecule has 38 heavy (non-hydrogen) atoms. The van der Waals surface area contributed by atoms with E-state index in [0.29, 0.717) is 31.0 Å². The lowest BCUT2D eigenvalue weighted by Gasteiger charge is -2.30. The second-order valence-electron chi connectivity index (χ2n) is 10.6. The summed E-state index contributed by atoms with van der Waals surface area (Å²) < 4.78 is 25.7. The molecule has 3 aliphatic heterocycles. The zero-order valence-corrected chi connectivity index (χ0v) is 21.4. The van der Waals surface area contributed by atoms with Crippen molar-refractivity contribution in [3.63, 3.8) is 0 Å². The molecule has 0 bridgehead atoms. The zero-order valence-electron chi connectivity index (χ0n) is 21.4. The molecule has 1 unspecified atom stereocenters. The van der Waals surface area contributed by atoms with E-state index >= 15 is 0 Å². The van der Waals surface area contributed by atoms with Crippen molar-refractivity contribution in [1.29, 1.82) is 0 Å². The van der Waals surface area contributed by atoms with Gasteiger partial charge < -0.3 is 29.7 Å². The smallest absolute Gasteiger partial charge is 0.225 e. The maximum Gasteiger partial charge on any atom is 0.225 e. The lowest BCUT2D eigenvalue weighted by molar-refractivity contribution is -0.126. The molecule has 3 aromatic rings. The van der Waals surface area contributed by atoms with Crippen LogP contribution in [-0.2, 0) is 4.79 Å². The summed E-state index contributed by atoms with van der Waals surface area (Å²) in [7, 11) is 0. The molecule has 3 aliphatic rings. The Morgan fingerprint density at radius 1 is 1.03 bits per heavy atom. The Morgan fingerprint density at radius 3 is 2.66 bits per heavy atom. The molecule has 2 saturated heterocycles. The van der Waals surface area contributed by atoms with E-state index in [1.54, 1.807) is 6.07 Å². The van der Waals surface area contributed by atoms with Crippen molar-refractivity contribution >= 4 is 22.4 Å². The average molecular weight is 520 g/mol. The van der Waals surface area contributed by atoms with Gasteiger partial charge in [-0.05, 0) is 73.0 Å². The first kappa shape index (κ1) is 24.9. The van der Waals surface area contributed by atoms with Crippen LogP contribution in [0, 0.1) is 11.7 Å². The zero-order chi connectivity index (χ0) is 26.1. The Labute approximate surface area is 222 Å². The molecule has 0 aliphatic carbocycles. The van der Waals surface area contributed by atoms with Crippen molar-refractivity contribution in [2.24, 2.45) is 5.92 Å². The highest BCUT2D eigenvalue weighted by Gasteiger charge is 2.34. The number of aliphatic hydroxyl groups is 1. The summed E-state index contributed by atoms with van der Waals surface area (Å²) in [5.41, 5.74) is 1.49. The van der Waals surface area contributed by atoms with Gasteiger partial charge in [0, 0.05) is 25.3 Å². The number of carbonyl (C=O) groups excluding carboxylic acids is 1. The average Bonchev–Trinajstić information content (AvgIpc) is 3.65. The van der Waals surface area contributed by atoms with Crippen molar-refractivity contribution in [1.82, 2.24) is 10.2 Å². The number of aliphatic hydroxyl groups excluding tert-OH is 1. The Morgan fingerprint density at radius 2 is 1.82 bits per heavy atom. The van der Waals surface area contributed by atoms with Gasteiger partial charge in [-0.2, -0.15) is 0 Å². The number of ether oxygens (including phenoxy) is 2. The molecule has 2 fully saturated rings. The van der Waals surface area contributed by atoms with E-state index in [1.807, 2.05) is 12.1 Å². The van der Waals surface area contributed by atoms with Crippen LogP contribution in [0.4, 0.5) is 10.1 Å². The first-order valence-corrected chi connectivity index (χ1v) is 13.6. The van der Waals surface area contributed by atoms with Crippen LogP contribution in [-0.4, -0.2) is 67.9 Å². The normalized spacial score (nSPS) is 21.0. The first-order chi connectivity index (χ1) is 18.5. The highest BCUT2D eigenvalue weighted by atomic mass is 19.1. The second-order valence-corrected chi connectivity index (χ2v) is 10.6. The van der Waals surface area contributed by atoms with Crippen LogP contribution in [0.3, 0.4) is 0 Å². The van der Waals surface area contributed by atoms with E-state index in [9.17, 15) is 14.3 Å². The maximum atomic E-state index is 14.8. The van der Waals surface area contributed by atoms with Crippen molar-refractivity contribution in [3.8, 4) is 11.5 Å². The third kappa shape index (κ3) is 5.15. The van der Waals surface area contributed by atoms with Gasteiger partial charge in [0.1, 0.15) is 19.3 Å². The topological polar surface area (TPSA) is 74.3 Å². The molecule has 200 valence electrons. The number of hydrogen-bond donors (Lipinski definition) is 2. The minimum atomic E-state index is -1.08. The Bertz CT molecular complexity index is 1310. The quantitative estimate of drug-likeness (QED) is 0.494. The van der Waals surface area contributed by atoms with E-state index in [0.717, 1.165) is 44.6 Å². The third-order valence-corrected chi connectivity index (χ3v) is 7.98. The highest BCUT2D eigenvalue weighted by molar-refractivity contribution is 5.86. The predicted octanol–water partition coefficient (Wildman–Crippen LogP) is 3.89. The van der Waals surface area contributed by atoms with Crippen molar-refractivity contribution < 1.29 is 23.8 Å². The van der Waals surface area contributed by atoms with Crippen molar-refractivity contribution in [2.45, 2.75) is 31.4 Å². The highest BCUT2D eigenvalue weighted by Crippen LogP contribution is 2.36. The lowest BCUT2D eigenvalue weighted by atomic mass is 9.99. The van der Waals surface area contributed by atoms with Gasteiger partial charge in [0.05, 0.1) is 12.0 Å². The van der Waals surface area contributed by atoms with Gasteiger partial charge >= 0.3 is 0 Å². The van der Waals surface area contributed by atoms with Gasteiger partial charge in [-0.15, -0.1) is 0 Å². The fourth-order valence-corrected chi connectivity index (χ4v) is 5.88. The fourth-order valence-electron chi connectivity index (χ4n) is 5.88. The molecular formula is C30H34FN3O4. The van der Waals surface area contributed by atoms with Crippen LogP contribution in [0.2, 0.25) is 0 Å². The summed E-state index contributed by atoms with van der Waals surface area (Å²) in [6.45, 7) is 4.39. The van der Waals surface area contributed by atoms with Crippen LogP contribution in [0.1, 0.15) is 30.9 Å². The number of nitrogens with zero attached hydrogens (tertiary/aromatic N) is 2. The number of rotatable bonds is 7. The van der Waals surface area contributed by atoms with Gasteiger partial charge in [0.25, 0.3) is 0 Å². The summed E-state index contributed by atoms with van der Waals surface area (Å²) >= 11 is 0. The minimum absolute atomic E-state index is 0.0745. The summed E-state index contributed by atoms with van der Waals surface area (Å²) in [5.74, 6) is -0.462. The number of benzene rings is 3. The number of hydrogen-bond acceptors (Lipinski definition) is 6. The number of fused-ring (bicyclic) bond motifs is 2. The van der Waals surface area contributed by atoms with Crippen molar-refractivity contribution in [2.75, 3.05) is 50.8 Å². The number of halogens is 1. The fraction of sp³-hybridized carbons (Fsp3) is 0.433. The van der Waals surface area contributed by atoms with E-state index in [2.05, 4.69) is 45.4 Å². The summed E-state index contributed by atoms with van der Waals surface area (Å²) in [4.78, 5) is 18.0. The predicted molar refractivity (Wildman–Crippen MR) is 144 cm³/mol. The summed E-state index contributed by atoms with van der Waals surface area (Å²) in [6.07, 6.45) is 1.85. The monoisotopic (exact) mass is 519 g/mol. The Hall–Kier alpha value is -3.36. The molecule has 2 N–H and O–H groups in total. The van der Waals surface area contributed by atoms with Gasteiger partial charge in [-0.25, -0.2) is 4.39 Å². The Balaban J connectivity index is 1.17. The molecule has 3 heterocycles. The van der Waals surface area contributed by atoms with Crippen LogP contribution >= 0.6 is 0 Å². The molecule has 3 aromatic carbocycles. The van der Waals surface area contributed by atoms with Crippen LogP contribution in [0.15, 0.2) is 54.6 Å². The van der Waals surface area contributed by atoms with Crippen LogP contribution < -0.4 is 19.7 Å². The molecule has 8 heteroatoms. The lowest BCUT2D eigenvalue weighted by Crippen LogP contribution is -2.48. The largest absolute Gasteiger partial charge is 0.486 e. The van der Waals surface area contributed by atoms with Crippen LogP contribution in [0.5, 0.6) is 11.5 Å². The SMILES string of the molecule is O=C(N[C@H](CN1CCCC1)[C@H](O)c1cc(F)c2c(c1)OCCO2)C1CCN(c2ccc3ccccc3c2)C1. The van der Waals surface area contributed by atoms with E-state index < -0.39 is 18.0 Å². The van der Waals surface area contributed by atoms with Gasteiger partial charge in [-0.1, -0.05) is 30.3 Å². The maximum absolute atomic E-state index is 14.8. The standard InChI is InChI=1S/C30H34FN3O4/c31-25-16-23(17-27-29(25)38-14-13-37-27)28(35)26(19-33-10-3-4-11-33)32-30(36)22-9-12-34(18-22)24-8-7-20-5-1-2-6-21(20)15-24/h1-2,5-8,15-17,22,26,28,35H,3-4,9-14,18-19H2,(H,32,36)/t22?,26-,28-/m1/s1. The van der Waals surface area contributed by atoms with Gasteiger partial charge in [-0.3, -0.25) is 4.79 Å². The van der Waals surface area contributed by atoms with E-state index in [1.165, 1.54) is 16.8 Å². The first-order valence-electron chi connectivity index (χ1n) is 13.6. The van der Waals surface area contributed by atoms with Gasteiger partial charge in [0.15, 0.2) is 17.3 Å². The number of nitrogens with one attached hydrogen (secondary N) is 1. The molecule has 6 rings (SSSR count). The van der Waals surface area contributed by atoms with Gasteiger partial charge in [0.2, 0.25) is 5.91 Å². The Kier molecular flexibility index (Phi) is 7.08. The molecule has 0 radical (unpaired) electrons. The number of carbonyl (C=O) groups is 1. The number of likely N-dealkylation sites (tertiary alicyclic amines) is 1. The molecular weight excluding hydrogens is 485 g/mol. The summed E-state index contributed by atoms with van der Waals surface area (Å²) in [6, 6.07) is 17.0. The molecule has 1 amide bonds. The van der Waals surface area contributed by atoms with Crippen LogP contribution in [0.25, 0.3) is 10.8 Å². The second kappa shape index (κ2) is 10.8. The molecule has 0 spiro atoms. The molecule has 3 atom stereocenters. The van der Waals surface area contributed by atoms with E-state index in [4.69, 9.17) is 9.47 Å².